The van der Waals surface area contributed by atoms with E-state index in [-0.39, 0.29) is 11.3 Å². The molecule has 2 heterocycles. The summed E-state index contributed by atoms with van der Waals surface area (Å²) in [7, 11) is 0. The molecule has 0 radical (unpaired) electrons. The molecule has 0 amide bonds. The van der Waals surface area contributed by atoms with Crippen LogP contribution in [0.4, 0.5) is 0 Å². The number of nitrogens with zero attached hydrogens (tertiary/aromatic N) is 1. The molecule has 5 N–H and O–H groups in total. The molecule has 0 aromatic carbocycles. The third-order valence-electron chi connectivity index (χ3n) is 2.73. The van der Waals surface area contributed by atoms with Crippen molar-refractivity contribution in [3.05, 3.63) is 44.1 Å². The number of hydrogen-bond donors (Lipinski definition) is 5. The lowest BCUT2D eigenvalue weighted by Gasteiger charge is -2.18. The lowest BCUT2D eigenvalue weighted by molar-refractivity contribution is -0.0175. The minimum Gasteiger partial charge on any atom is -0.506 e. The molecule has 104 valence electrons. The van der Waals surface area contributed by atoms with Gasteiger partial charge in [0.05, 0.1) is 12.2 Å². The van der Waals surface area contributed by atoms with Crippen LogP contribution >= 0.6 is 0 Å². The highest BCUT2D eigenvalue weighted by Gasteiger charge is 2.37. The molecule has 19 heavy (non-hydrogen) atoms. The number of rotatable bonds is 3. The minimum absolute atomic E-state index is 0.104. The van der Waals surface area contributed by atoms with Gasteiger partial charge in [-0.25, -0.2) is 4.79 Å². The fraction of sp³-hybridized carbons (Fsp3) is 0.400. The van der Waals surface area contributed by atoms with Crippen LogP contribution in [0.2, 0.25) is 0 Å². The van der Waals surface area contributed by atoms with Crippen LogP contribution < -0.4 is 11.2 Å². The summed E-state index contributed by atoms with van der Waals surface area (Å²) in [6.07, 6.45) is -1.86. The van der Waals surface area contributed by atoms with Crippen molar-refractivity contribution in [3.63, 3.8) is 0 Å². The van der Waals surface area contributed by atoms with Crippen molar-refractivity contribution in [1.82, 2.24) is 9.55 Å². The van der Waals surface area contributed by atoms with Crippen molar-refractivity contribution in [2.24, 2.45) is 0 Å². The molecule has 0 fully saturated rings. The molecule has 9 nitrogen and oxygen atoms in total. The first-order chi connectivity index (χ1) is 8.99. The Bertz CT molecular complexity index is 630. The second kappa shape index (κ2) is 4.88. The van der Waals surface area contributed by atoms with Crippen molar-refractivity contribution in [3.8, 4) is 0 Å². The van der Waals surface area contributed by atoms with E-state index in [1.807, 2.05) is 4.98 Å². The molecule has 1 aromatic rings. The Balaban J connectivity index is 2.45. The Morgan fingerprint density at radius 2 is 2.00 bits per heavy atom. The van der Waals surface area contributed by atoms with Gasteiger partial charge in [0.2, 0.25) is 6.23 Å². The van der Waals surface area contributed by atoms with Crippen molar-refractivity contribution < 1.29 is 25.2 Å². The van der Waals surface area contributed by atoms with Gasteiger partial charge >= 0.3 is 5.69 Å². The Labute approximate surface area is 105 Å². The van der Waals surface area contributed by atoms with Gasteiger partial charge in [0, 0.05) is 6.20 Å². The molecule has 1 aromatic heterocycles. The Kier molecular flexibility index (Phi) is 3.42. The predicted octanol–water partition coefficient (Wildman–Crippen LogP) is -2.32. The zero-order valence-corrected chi connectivity index (χ0v) is 9.61. The molecule has 1 aliphatic heterocycles. The number of hydrogen-bond acceptors (Lipinski definition) is 7. The van der Waals surface area contributed by atoms with E-state index in [1.54, 1.807) is 0 Å². The zero-order chi connectivity index (χ0) is 14.2. The van der Waals surface area contributed by atoms with Crippen molar-refractivity contribution in [2.75, 3.05) is 6.61 Å². The molecule has 0 spiro atoms. The molecule has 0 saturated heterocycles. The van der Waals surface area contributed by atoms with Crippen LogP contribution in [0.25, 0.3) is 0 Å². The number of ether oxygens (including phenoxy) is 1. The lowest BCUT2D eigenvalue weighted by Crippen LogP contribution is -2.37. The predicted molar refractivity (Wildman–Crippen MR) is 60.1 cm³/mol. The van der Waals surface area contributed by atoms with E-state index in [4.69, 9.17) is 14.9 Å². The topological polar surface area (TPSA) is 145 Å². The van der Waals surface area contributed by atoms with Crippen LogP contribution in [0.15, 0.2) is 27.3 Å². The summed E-state index contributed by atoms with van der Waals surface area (Å²) in [6.45, 7) is -1.25. The van der Waals surface area contributed by atoms with Crippen molar-refractivity contribution in [1.29, 1.82) is 0 Å². The molecule has 9 heteroatoms. The fourth-order valence-corrected chi connectivity index (χ4v) is 1.73. The van der Waals surface area contributed by atoms with E-state index < -0.39 is 42.6 Å². The molecular weight excluding hydrogens is 260 g/mol. The third kappa shape index (κ3) is 2.14. The van der Waals surface area contributed by atoms with Gasteiger partial charge in [-0.3, -0.25) is 14.3 Å². The summed E-state index contributed by atoms with van der Waals surface area (Å²) in [5.74, 6) is -0.850. The van der Waals surface area contributed by atoms with E-state index in [0.29, 0.717) is 0 Å². The van der Waals surface area contributed by atoms with E-state index in [1.165, 1.54) is 0 Å². The van der Waals surface area contributed by atoms with E-state index in [0.717, 1.165) is 10.8 Å². The quantitative estimate of drug-likeness (QED) is 0.415. The van der Waals surface area contributed by atoms with Gasteiger partial charge in [-0.15, -0.1) is 0 Å². The SMILES string of the molecule is O=c1[nH]c(=O)n([C@@H]2OC(CO)=C(O)C2O)cc1CO. The minimum atomic E-state index is -1.56. The Morgan fingerprint density at radius 3 is 2.53 bits per heavy atom. The largest absolute Gasteiger partial charge is 0.506 e. The molecule has 2 atom stereocenters. The average Bonchev–Trinajstić information content (AvgIpc) is 2.67. The second-order valence-corrected chi connectivity index (χ2v) is 3.90. The third-order valence-corrected chi connectivity index (χ3v) is 2.73. The van der Waals surface area contributed by atoms with Gasteiger partial charge < -0.3 is 25.2 Å². The summed E-state index contributed by atoms with van der Waals surface area (Å²) in [5, 5.41) is 37.0. The highest BCUT2D eigenvalue weighted by molar-refractivity contribution is 5.14. The molecule has 0 aliphatic carbocycles. The van der Waals surface area contributed by atoms with Crippen LogP contribution in [0.5, 0.6) is 0 Å². The Morgan fingerprint density at radius 1 is 1.32 bits per heavy atom. The summed E-state index contributed by atoms with van der Waals surface area (Å²) in [6, 6.07) is 0. The van der Waals surface area contributed by atoms with Gasteiger partial charge in [0.25, 0.3) is 5.56 Å². The number of aliphatic hydroxyl groups excluding tert-OH is 4. The van der Waals surface area contributed by atoms with E-state index in [9.17, 15) is 19.8 Å². The van der Waals surface area contributed by atoms with Crippen LogP contribution in [-0.4, -0.2) is 42.7 Å². The second-order valence-electron chi connectivity index (χ2n) is 3.90. The number of H-pyrrole nitrogens is 1. The smallest absolute Gasteiger partial charge is 0.331 e. The van der Waals surface area contributed by atoms with Crippen LogP contribution in [0.3, 0.4) is 0 Å². The highest BCUT2D eigenvalue weighted by Crippen LogP contribution is 2.29. The molecule has 2 rings (SSSR count). The van der Waals surface area contributed by atoms with Gasteiger partial charge in [-0.1, -0.05) is 0 Å². The monoisotopic (exact) mass is 272 g/mol. The summed E-state index contributed by atoms with van der Waals surface area (Å²) in [4.78, 5) is 24.8. The molecule has 0 saturated carbocycles. The summed E-state index contributed by atoms with van der Waals surface area (Å²) >= 11 is 0. The maximum atomic E-state index is 11.6. The number of aromatic nitrogens is 2. The van der Waals surface area contributed by atoms with Gasteiger partial charge in [0.1, 0.15) is 6.61 Å². The fourth-order valence-electron chi connectivity index (χ4n) is 1.73. The molecule has 0 bridgehead atoms. The van der Waals surface area contributed by atoms with Crippen molar-refractivity contribution >= 4 is 0 Å². The van der Waals surface area contributed by atoms with Gasteiger partial charge in [-0.2, -0.15) is 0 Å². The Hall–Kier alpha value is -2.10. The average molecular weight is 272 g/mol. The maximum absolute atomic E-state index is 11.6. The number of nitrogens with one attached hydrogen (secondary N) is 1. The van der Waals surface area contributed by atoms with E-state index in [2.05, 4.69) is 0 Å². The van der Waals surface area contributed by atoms with Gasteiger partial charge in [0.15, 0.2) is 17.6 Å². The van der Waals surface area contributed by atoms with E-state index >= 15 is 0 Å². The van der Waals surface area contributed by atoms with Crippen LogP contribution in [0.1, 0.15) is 11.8 Å². The molecular formula is C10H12N2O7. The van der Waals surface area contributed by atoms with Crippen molar-refractivity contribution in [2.45, 2.75) is 18.9 Å². The van der Waals surface area contributed by atoms with Crippen LogP contribution in [-0.2, 0) is 11.3 Å². The zero-order valence-electron chi connectivity index (χ0n) is 9.61. The number of aliphatic hydroxyl groups is 4. The maximum Gasteiger partial charge on any atom is 0.331 e. The first kappa shape index (κ1) is 13.3. The highest BCUT2D eigenvalue weighted by atomic mass is 16.5. The number of aromatic amines is 1. The lowest BCUT2D eigenvalue weighted by atomic mass is 10.2. The first-order valence-electron chi connectivity index (χ1n) is 5.32. The summed E-state index contributed by atoms with van der Waals surface area (Å²) in [5.41, 5.74) is -1.73. The molecule has 1 aliphatic rings. The normalized spacial score (nSPS) is 22.7. The standard InChI is InChI=1S/C10H12N2O7/c13-2-4-1-12(10(18)11-8(4)17)9-7(16)6(15)5(3-14)19-9/h1,7,9,13-16H,2-3H2,(H,11,17,18)/t7?,9-/m1/s1. The summed E-state index contributed by atoms with van der Waals surface area (Å²) < 4.78 is 5.85. The molecule has 1 unspecified atom stereocenters. The first-order valence-corrected chi connectivity index (χ1v) is 5.32. The van der Waals surface area contributed by atoms with Crippen LogP contribution in [0, 0.1) is 0 Å². The van der Waals surface area contributed by atoms with Gasteiger partial charge in [-0.05, 0) is 0 Å².